The van der Waals surface area contributed by atoms with Crippen LogP contribution in [0.25, 0.3) is 22.8 Å². The molecule has 0 bridgehead atoms. The molecule has 0 aromatic carbocycles. The number of hydrogen-bond acceptors (Lipinski definition) is 3. The minimum atomic E-state index is 0.886. The van der Waals surface area contributed by atoms with Gasteiger partial charge in [0.05, 0.1) is 22.8 Å². The van der Waals surface area contributed by atoms with Crippen molar-refractivity contribution in [3.63, 3.8) is 0 Å². The molecule has 3 aromatic rings. The Morgan fingerprint density at radius 2 is 1.00 bits per heavy atom. The quantitative estimate of drug-likeness (QED) is 0.705. The summed E-state index contributed by atoms with van der Waals surface area (Å²) in [4.78, 5) is 13.6. The lowest BCUT2D eigenvalue weighted by Gasteiger charge is -2.07. The maximum Gasteiger partial charge on any atom is 0.0897 e. The molecule has 0 amide bonds. The summed E-state index contributed by atoms with van der Waals surface area (Å²) in [6.07, 6.45) is 3.64. The van der Waals surface area contributed by atoms with Gasteiger partial charge in [-0.2, -0.15) is 0 Å². The standard InChI is InChI=1S/C18H17N3/c1-12-4-6-19-15(8-12)17-10-14(3)11-18(21-17)16-9-13(2)5-7-20-16/h4-11H,1-3H3. The summed E-state index contributed by atoms with van der Waals surface area (Å²) >= 11 is 0. The lowest BCUT2D eigenvalue weighted by atomic mass is 10.1. The molecule has 0 atom stereocenters. The third-order valence-electron chi connectivity index (χ3n) is 3.33. The highest BCUT2D eigenvalue weighted by atomic mass is 14.8. The van der Waals surface area contributed by atoms with Gasteiger partial charge in [0.2, 0.25) is 0 Å². The van der Waals surface area contributed by atoms with Crippen molar-refractivity contribution >= 4 is 0 Å². The average Bonchev–Trinajstić information content (AvgIpc) is 2.46. The minimum Gasteiger partial charge on any atom is -0.255 e. The first-order valence-corrected chi connectivity index (χ1v) is 6.96. The zero-order chi connectivity index (χ0) is 14.8. The first-order valence-electron chi connectivity index (χ1n) is 6.96. The molecular weight excluding hydrogens is 258 g/mol. The molecule has 0 unspecified atom stereocenters. The molecule has 3 aromatic heterocycles. The predicted molar refractivity (Wildman–Crippen MR) is 84.9 cm³/mol. The molecule has 3 nitrogen and oxygen atoms in total. The van der Waals surface area contributed by atoms with Crippen molar-refractivity contribution < 1.29 is 0 Å². The second kappa shape index (κ2) is 5.44. The summed E-state index contributed by atoms with van der Waals surface area (Å²) in [6, 6.07) is 12.2. The molecule has 0 saturated heterocycles. The molecule has 0 fully saturated rings. The molecule has 21 heavy (non-hydrogen) atoms. The van der Waals surface area contributed by atoms with E-state index >= 15 is 0 Å². The third kappa shape index (κ3) is 2.97. The molecule has 3 heterocycles. The van der Waals surface area contributed by atoms with E-state index in [1.54, 1.807) is 0 Å². The Balaban J connectivity index is 2.12. The highest BCUT2D eigenvalue weighted by molar-refractivity contribution is 5.63. The van der Waals surface area contributed by atoms with Crippen LogP contribution in [0.1, 0.15) is 16.7 Å². The molecule has 3 heteroatoms. The molecule has 3 rings (SSSR count). The molecule has 0 aliphatic rings. The first kappa shape index (κ1) is 13.4. The largest absolute Gasteiger partial charge is 0.255 e. The van der Waals surface area contributed by atoms with Crippen molar-refractivity contribution in [3.05, 3.63) is 65.5 Å². The van der Waals surface area contributed by atoms with Gasteiger partial charge < -0.3 is 0 Å². The van der Waals surface area contributed by atoms with Gasteiger partial charge in [-0.3, -0.25) is 9.97 Å². The smallest absolute Gasteiger partial charge is 0.0897 e. The van der Waals surface area contributed by atoms with E-state index in [9.17, 15) is 0 Å². The monoisotopic (exact) mass is 275 g/mol. The van der Waals surface area contributed by atoms with Crippen molar-refractivity contribution in [2.75, 3.05) is 0 Å². The zero-order valence-electron chi connectivity index (χ0n) is 12.5. The van der Waals surface area contributed by atoms with E-state index in [4.69, 9.17) is 4.98 Å². The number of nitrogens with zero attached hydrogens (tertiary/aromatic N) is 3. The summed E-state index contributed by atoms with van der Waals surface area (Å²) in [6.45, 7) is 6.19. The van der Waals surface area contributed by atoms with Crippen molar-refractivity contribution in [2.24, 2.45) is 0 Å². The Hall–Kier alpha value is -2.55. The van der Waals surface area contributed by atoms with Crippen LogP contribution in [-0.4, -0.2) is 15.0 Å². The Morgan fingerprint density at radius 3 is 1.43 bits per heavy atom. The van der Waals surface area contributed by atoms with Crippen LogP contribution in [0, 0.1) is 20.8 Å². The van der Waals surface area contributed by atoms with E-state index in [1.165, 1.54) is 11.1 Å². The molecule has 0 saturated carbocycles. The third-order valence-corrected chi connectivity index (χ3v) is 3.33. The highest BCUT2D eigenvalue weighted by Gasteiger charge is 2.07. The molecule has 0 spiro atoms. The summed E-state index contributed by atoms with van der Waals surface area (Å²) < 4.78 is 0. The van der Waals surface area contributed by atoms with Crippen molar-refractivity contribution in [1.29, 1.82) is 0 Å². The second-order valence-corrected chi connectivity index (χ2v) is 5.35. The van der Waals surface area contributed by atoms with Gasteiger partial charge in [-0.15, -0.1) is 0 Å². The Bertz CT molecular complexity index is 730. The maximum atomic E-state index is 4.73. The van der Waals surface area contributed by atoms with Gasteiger partial charge in [0.25, 0.3) is 0 Å². The Labute approximate surface area is 124 Å². The topological polar surface area (TPSA) is 38.7 Å². The zero-order valence-corrected chi connectivity index (χ0v) is 12.5. The molecule has 0 aliphatic carbocycles. The number of aromatic nitrogens is 3. The molecule has 0 radical (unpaired) electrons. The molecule has 0 aliphatic heterocycles. The van der Waals surface area contributed by atoms with Gasteiger partial charge in [-0.05, 0) is 73.9 Å². The summed E-state index contributed by atoms with van der Waals surface area (Å²) in [5, 5.41) is 0. The summed E-state index contributed by atoms with van der Waals surface area (Å²) in [7, 11) is 0. The highest BCUT2D eigenvalue weighted by Crippen LogP contribution is 2.23. The summed E-state index contributed by atoms with van der Waals surface area (Å²) in [5.41, 5.74) is 7.08. The van der Waals surface area contributed by atoms with Crippen LogP contribution in [0.4, 0.5) is 0 Å². The van der Waals surface area contributed by atoms with Gasteiger partial charge >= 0.3 is 0 Å². The van der Waals surface area contributed by atoms with Crippen LogP contribution in [0.3, 0.4) is 0 Å². The maximum absolute atomic E-state index is 4.73. The van der Waals surface area contributed by atoms with Crippen LogP contribution in [0.2, 0.25) is 0 Å². The molecule has 104 valence electrons. The fraction of sp³-hybridized carbons (Fsp3) is 0.167. The van der Waals surface area contributed by atoms with Crippen LogP contribution in [0.5, 0.6) is 0 Å². The van der Waals surface area contributed by atoms with E-state index in [2.05, 4.69) is 55.0 Å². The van der Waals surface area contributed by atoms with Crippen molar-refractivity contribution in [2.45, 2.75) is 20.8 Å². The lowest BCUT2D eigenvalue weighted by molar-refractivity contribution is 1.19. The Kier molecular flexibility index (Phi) is 3.48. The Morgan fingerprint density at radius 1 is 0.571 bits per heavy atom. The molecular formula is C18H17N3. The van der Waals surface area contributed by atoms with E-state index < -0.39 is 0 Å². The normalized spacial score (nSPS) is 10.6. The lowest BCUT2D eigenvalue weighted by Crippen LogP contribution is -1.94. The van der Waals surface area contributed by atoms with Gasteiger partial charge in [-0.1, -0.05) is 0 Å². The first-order chi connectivity index (χ1) is 10.1. The number of hydrogen-bond donors (Lipinski definition) is 0. The van der Waals surface area contributed by atoms with Gasteiger partial charge in [0.1, 0.15) is 0 Å². The van der Waals surface area contributed by atoms with E-state index in [-0.39, 0.29) is 0 Å². The second-order valence-electron chi connectivity index (χ2n) is 5.35. The summed E-state index contributed by atoms with van der Waals surface area (Å²) in [5.74, 6) is 0. The van der Waals surface area contributed by atoms with Crippen LogP contribution in [0.15, 0.2) is 48.8 Å². The minimum absolute atomic E-state index is 0.886. The van der Waals surface area contributed by atoms with Crippen LogP contribution >= 0.6 is 0 Å². The van der Waals surface area contributed by atoms with E-state index in [0.29, 0.717) is 0 Å². The number of rotatable bonds is 2. The number of pyridine rings is 3. The van der Waals surface area contributed by atoms with Crippen molar-refractivity contribution in [1.82, 2.24) is 15.0 Å². The van der Waals surface area contributed by atoms with E-state index in [1.807, 2.05) is 24.5 Å². The van der Waals surface area contributed by atoms with Crippen molar-refractivity contribution in [3.8, 4) is 22.8 Å². The van der Waals surface area contributed by atoms with Crippen LogP contribution in [-0.2, 0) is 0 Å². The predicted octanol–water partition coefficient (Wildman–Crippen LogP) is 4.13. The molecule has 0 N–H and O–H groups in total. The number of aryl methyl sites for hydroxylation is 3. The fourth-order valence-corrected chi connectivity index (χ4v) is 2.28. The van der Waals surface area contributed by atoms with Gasteiger partial charge in [-0.25, -0.2) is 4.98 Å². The van der Waals surface area contributed by atoms with E-state index in [0.717, 1.165) is 28.3 Å². The SMILES string of the molecule is Cc1ccnc(-c2cc(C)cc(-c3cc(C)ccn3)n2)c1. The average molecular weight is 275 g/mol. The fourth-order valence-electron chi connectivity index (χ4n) is 2.28. The van der Waals surface area contributed by atoms with Gasteiger partial charge in [0, 0.05) is 12.4 Å². The van der Waals surface area contributed by atoms with Crippen LogP contribution < -0.4 is 0 Å². The van der Waals surface area contributed by atoms with Gasteiger partial charge in [0.15, 0.2) is 0 Å².